The number of rotatable bonds is 5. The largest absolute Gasteiger partial charge is 0.497 e. The number of hydrogen-bond acceptors (Lipinski definition) is 8. The maximum absolute atomic E-state index is 5.74. The number of nitrogens with zero attached hydrogens (tertiary/aromatic N) is 6. The lowest BCUT2D eigenvalue weighted by Crippen LogP contribution is -2.07. The first-order valence-corrected chi connectivity index (χ1v) is 8.80. The van der Waals surface area contributed by atoms with E-state index in [9.17, 15) is 0 Å². The van der Waals surface area contributed by atoms with Crippen LogP contribution in [0.25, 0.3) is 22.7 Å². The molecule has 1 aromatic carbocycles. The molecule has 3 aromatic heterocycles. The van der Waals surface area contributed by atoms with Crippen molar-refractivity contribution in [2.45, 2.75) is 19.9 Å². The molecular formula is C19H20N8O. The summed E-state index contributed by atoms with van der Waals surface area (Å²) < 4.78 is 7.27. The van der Waals surface area contributed by atoms with E-state index in [-0.39, 0.29) is 12.0 Å². The third-order valence-electron chi connectivity index (χ3n) is 4.18. The van der Waals surface area contributed by atoms with E-state index in [1.54, 1.807) is 25.6 Å². The van der Waals surface area contributed by atoms with Gasteiger partial charge in [-0.15, -0.1) is 0 Å². The van der Waals surface area contributed by atoms with Gasteiger partial charge in [0.25, 0.3) is 0 Å². The zero-order valence-corrected chi connectivity index (χ0v) is 15.8. The molecule has 0 saturated carbocycles. The zero-order chi connectivity index (χ0) is 19.7. The number of hydrogen-bond donors (Lipinski definition) is 2. The van der Waals surface area contributed by atoms with Crippen molar-refractivity contribution in [1.29, 1.82) is 0 Å². The van der Waals surface area contributed by atoms with Crippen LogP contribution in [0.3, 0.4) is 0 Å². The van der Waals surface area contributed by atoms with Gasteiger partial charge in [0.2, 0.25) is 11.9 Å². The summed E-state index contributed by atoms with van der Waals surface area (Å²) in [6, 6.07) is 9.46. The van der Waals surface area contributed by atoms with E-state index >= 15 is 0 Å². The van der Waals surface area contributed by atoms with Crippen molar-refractivity contribution in [2.24, 2.45) is 0 Å². The molecule has 0 aliphatic heterocycles. The highest BCUT2D eigenvalue weighted by Crippen LogP contribution is 2.27. The van der Waals surface area contributed by atoms with Crippen molar-refractivity contribution in [3.8, 4) is 17.3 Å². The molecule has 0 atom stereocenters. The fourth-order valence-electron chi connectivity index (χ4n) is 2.95. The minimum absolute atomic E-state index is 0.107. The third-order valence-corrected chi connectivity index (χ3v) is 4.18. The SMILES string of the molecule is COc1cccc(Nc2ncc3nc(-c4ccnc(N)n4)n(C(C)C)c3n2)c1. The first-order valence-electron chi connectivity index (χ1n) is 8.80. The molecule has 3 heterocycles. The summed E-state index contributed by atoms with van der Waals surface area (Å²) in [5, 5.41) is 3.21. The highest BCUT2D eigenvalue weighted by molar-refractivity contribution is 5.77. The van der Waals surface area contributed by atoms with Crippen LogP contribution >= 0.6 is 0 Å². The molecule has 0 fully saturated rings. The van der Waals surface area contributed by atoms with Crippen molar-refractivity contribution >= 4 is 28.7 Å². The zero-order valence-electron chi connectivity index (χ0n) is 15.8. The minimum atomic E-state index is 0.107. The van der Waals surface area contributed by atoms with Crippen molar-refractivity contribution in [3.63, 3.8) is 0 Å². The second kappa shape index (κ2) is 7.10. The normalized spacial score (nSPS) is 11.1. The first-order chi connectivity index (χ1) is 13.5. The fraction of sp³-hybridized carbons (Fsp3) is 0.211. The molecule has 0 spiro atoms. The molecular weight excluding hydrogens is 356 g/mol. The number of benzene rings is 1. The molecule has 4 aromatic rings. The summed E-state index contributed by atoms with van der Waals surface area (Å²) in [5.41, 5.74) is 8.60. The standard InChI is InChI=1S/C19H20N8O/c1-11(2)27-16(14-7-8-21-18(20)25-14)24-15-10-22-19(26-17(15)27)23-12-5-4-6-13(9-12)28-3/h4-11H,1-3H3,(H2,20,21,25)(H,22,23,26). The summed E-state index contributed by atoms with van der Waals surface area (Å²) in [4.78, 5) is 22.0. The van der Waals surface area contributed by atoms with Crippen LogP contribution in [0.4, 0.5) is 17.6 Å². The molecule has 28 heavy (non-hydrogen) atoms. The molecule has 9 heteroatoms. The number of nitrogens with two attached hydrogens (primary N) is 1. The van der Waals surface area contributed by atoms with Crippen LogP contribution in [0.15, 0.2) is 42.7 Å². The summed E-state index contributed by atoms with van der Waals surface area (Å²) >= 11 is 0. The fourth-order valence-corrected chi connectivity index (χ4v) is 2.95. The number of aromatic nitrogens is 6. The Bertz CT molecular complexity index is 1140. The van der Waals surface area contributed by atoms with Crippen LogP contribution in [-0.4, -0.2) is 36.6 Å². The van der Waals surface area contributed by atoms with Gasteiger partial charge in [-0.1, -0.05) is 6.07 Å². The second-order valence-corrected chi connectivity index (χ2v) is 6.46. The van der Waals surface area contributed by atoms with Gasteiger partial charge in [0.15, 0.2) is 11.5 Å². The number of nitrogens with one attached hydrogen (secondary N) is 1. The predicted octanol–water partition coefficient (Wildman–Crippen LogP) is 3.20. The maximum atomic E-state index is 5.74. The van der Waals surface area contributed by atoms with Gasteiger partial charge in [-0.05, 0) is 32.0 Å². The monoisotopic (exact) mass is 376 g/mol. The van der Waals surface area contributed by atoms with E-state index in [1.807, 2.05) is 28.8 Å². The second-order valence-electron chi connectivity index (χ2n) is 6.46. The Morgan fingerprint density at radius 2 is 1.96 bits per heavy atom. The van der Waals surface area contributed by atoms with E-state index in [0.717, 1.165) is 11.4 Å². The Morgan fingerprint density at radius 3 is 2.71 bits per heavy atom. The number of ether oxygens (including phenoxy) is 1. The van der Waals surface area contributed by atoms with Gasteiger partial charge in [0.05, 0.1) is 13.3 Å². The lowest BCUT2D eigenvalue weighted by Gasteiger charge is -2.12. The lowest BCUT2D eigenvalue weighted by molar-refractivity contribution is 0.415. The van der Waals surface area contributed by atoms with Gasteiger partial charge < -0.3 is 20.4 Å². The van der Waals surface area contributed by atoms with E-state index < -0.39 is 0 Å². The topological polar surface area (TPSA) is 117 Å². The van der Waals surface area contributed by atoms with Crippen molar-refractivity contribution in [3.05, 3.63) is 42.7 Å². The summed E-state index contributed by atoms with van der Waals surface area (Å²) in [6.07, 6.45) is 3.31. The van der Waals surface area contributed by atoms with Gasteiger partial charge in [0, 0.05) is 24.0 Å². The first kappa shape index (κ1) is 17.7. The third kappa shape index (κ3) is 3.29. The molecule has 142 valence electrons. The Hall–Kier alpha value is -3.75. The van der Waals surface area contributed by atoms with Crippen LogP contribution in [0.2, 0.25) is 0 Å². The van der Waals surface area contributed by atoms with Gasteiger partial charge in [-0.2, -0.15) is 4.98 Å². The highest BCUT2D eigenvalue weighted by atomic mass is 16.5. The number of imidazole rings is 1. The molecule has 9 nitrogen and oxygen atoms in total. The molecule has 0 amide bonds. The summed E-state index contributed by atoms with van der Waals surface area (Å²) in [6.45, 7) is 4.12. The molecule has 4 rings (SSSR count). The average Bonchev–Trinajstić information content (AvgIpc) is 3.07. The molecule has 0 unspecified atom stereocenters. The molecule has 0 radical (unpaired) electrons. The van der Waals surface area contributed by atoms with Gasteiger partial charge in [-0.25, -0.2) is 19.9 Å². The Balaban J connectivity index is 1.79. The van der Waals surface area contributed by atoms with Crippen LogP contribution in [-0.2, 0) is 0 Å². The average molecular weight is 376 g/mol. The summed E-state index contributed by atoms with van der Waals surface area (Å²) in [7, 11) is 1.63. The van der Waals surface area contributed by atoms with Crippen LogP contribution in [0.5, 0.6) is 5.75 Å². The Kier molecular flexibility index (Phi) is 4.48. The molecule has 0 aliphatic carbocycles. The number of methoxy groups -OCH3 is 1. The summed E-state index contributed by atoms with van der Waals surface area (Å²) in [5.74, 6) is 2.09. The molecule has 3 N–H and O–H groups in total. The van der Waals surface area contributed by atoms with Crippen molar-refractivity contribution in [2.75, 3.05) is 18.2 Å². The number of nitrogen functional groups attached to an aromatic ring is 1. The number of fused-ring (bicyclic) bond motifs is 1. The van der Waals surface area contributed by atoms with E-state index in [4.69, 9.17) is 10.5 Å². The quantitative estimate of drug-likeness (QED) is 0.545. The minimum Gasteiger partial charge on any atom is -0.497 e. The maximum Gasteiger partial charge on any atom is 0.229 e. The van der Waals surface area contributed by atoms with Gasteiger partial charge >= 0.3 is 0 Å². The molecule has 0 bridgehead atoms. The number of anilines is 3. The van der Waals surface area contributed by atoms with Gasteiger partial charge in [0.1, 0.15) is 17.0 Å². The molecule has 0 saturated heterocycles. The Morgan fingerprint density at radius 1 is 1.11 bits per heavy atom. The van der Waals surface area contributed by atoms with E-state index in [2.05, 4.69) is 44.1 Å². The predicted molar refractivity (Wildman–Crippen MR) is 107 cm³/mol. The molecule has 0 aliphatic rings. The Labute approximate surface area is 161 Å². The smallest absolute Gasteiger partial charge is 0.229 e. The lowest BCUT2D eigenvalue weighted by atomic mass is 10.3. The van der Waals surface area contributed by atoms with E-state index in [0.29, 0.717) is 28.6 Å². The van der Waals surface area contributed by atoms with Crippen molar-refractivity contribution in [1.82, 2.24) is 29.5 Å². The van der Waals surface area contributed by atoms with Crippen molar-refractivity contribution < 1.29 is 4.74 Å². The highest BCUT2D eigenvalue weighted by Gasteiger charge is 2.18. The van der Waals surface area contributed by atoms with Crippen LogP contribution in [0.1, 0.15) is 19.9 Å². The van der Waals surface area contributed by atoms with E-state index in [1.165, 1.54) is 0 Å². The van der Waals surface area contributed by atoms with Crippen LogP contribution < -0.4 is 15.8 Å². The van der Waals surface area contributed by atoms with Gasteiger partial charge in [-0.3, -0.25) is 0 Å². The van der Waals surface area contributed by atoms with Crippen LogP contribution in [0, 0.1) is 0 Å².